The number of rotatable bonds is 6. The highest BCUT2D eigenvalue weighted by atomic mass is 35.5. The lowest BCUT2D eigenvalue weighted by Gasteiger charge is -2.48. The molecule has 0 spiro atoms. The van der Waals surface area contributed by atoms with E-state index in [1.54, 1.807) is 0 Å². The van der Waals surface area contributed by atoms with E-state index in [-0.39, 0.29) is 24.1 Å². The van der Waals surface area contributed by atoms with E-state index in [0.717, 1.165) is 11.1 Å². The summed E-state index contributed by atoms with van der Waals surface area (Å²) < 4.78 is 16.7. The Hall–Kier alpha value is -2.67. The first-order chi connectivity index (χ1) is 14.2. The van der Waals surface area contributed by atoms with Gasteiger partial charge in [-0.1, -0.05) is 60.7 Å². The molecule has 2 aromatic carbocycles. The Morgan fingerprint density at radius 2 is 1.72 bits per heavy atom. The van der Waals surface area contributed by atoms with Gasteiger partial charge in [0.1, 0.15) is 5.70 Å². The van der Waals surface area contributed by atoms with Gasteiger partial charge < -0.3 is 14.2 Å². The number of halogens is 1. The quantitative estimate of drug-likeness (QED) is 0.414. The normalized spacial score (nSPS) is 21.1. The summed E-state index contributed by atoms with van der Waals surface area (Å²) in [7, 11) is 1.43. The van der Waals surface area contributed by atoms with Crippen molar-refractivity contribution in [2.24, 2.45) is 0 Å². The Balaban J connectivity index is 1.66. The summed E-state index contributed by atoms with van der Waals surface area (Å²) in [5.41, 5.74) is 2.31. The van der Waals surface area contributed by atoms with Crippen molar-refractivity contribution < 1.29 is 23.8 Å². The molecule has 1 fully saturated rings. The summed E-state index contributed by atoms with van der Waals surface area (Å²) in [5, 5.41) is 0. The van der Waals surface area contributed by atoms with Crippen LogP contribution in [0.5, 0.6) is 0 Å². The summed E-state index contributed by atoms with van der Waals surface area (Å²) in [6.07, 6.45) is -1.99. The molecule has 2 atom stereocenters. The third-order valence-corrected chi connectivity index (χ3v) is 5.36. The fraction of sp³-hybridized carbons (Fsp3) is 0.273. The first-order valence-electron chi connectivity index (χ1n) is 9.22. The molecule has 0 radical (unpaired) electrons. The molecule has 7 heteroatoms. The first-order valence-corrected chi connectivity index (χ1v) is 9.75. The zero-order valence-corrected chi connectivity index (χ0v) is 16.5. The number of hydrogen-bond donors (Lipinski definition) is 0. The fourth-order valence-electron chi connectivity index (χ4n) is 3.57. The Labute approximate surface area is 173 Å². The molecule has 0 bridgehead atoms. The number of methoxy groups -OCH3 is 1. The highest BCUT2D eigenvalue weighted by molar-refractivity contribution is 6.20. The maximum atomic E-state index is 13.2. The SMILES string of the molecule is COC1C(=O)N2C(C(=O)OC(c3ccccc3)c3ccccc3)=C(CCl)COC12. The molecule has 1 amide bonds. The molecule has 2 aliphatic rings. The van der Waals surface area contributed by atoms with Crippen LogP contribution in [-0.2, 0) is 23.8 Å². The lowest BCUT2D eigenvalue weighted by Crippen LogP contribution is -2.68. The van der Waals surface area contributed by atoms with E-state index in [9.17, 15) is 9.59 Å². The van der Waals surface area contributed by atoms with Crippen LogP contribution in [0, 0.1) is 0 Å². The number of nitrogens with zero attached hydrogens (tertiary/aromatic N) is 1. The summed E-state index contributed by atoms with van der Waals surface area (Å²) in [5.74, 6) is -0.905. The van der Waals surface area contributed by atoms with Gasteiger partial charge in [0.15, 0.2) is 18.4 Å². The predicted molar refractivity (Wildman–Crippen MR) is 106 cm³/mol. The van der Waals surface area contributed by atoms with Crippen LogP contribution in [0.2, 0.25) is 0 Å². The van der Waals surface area contributed by atoms with Gasteiger partial charge in [0.2, 0.25) is 0 Å². The van der Waals surface area contributed by atoms with Crippen LogP contribution < -0.4 is 0 Å². The third-order valence-electron chi connectivity index (χ3n) is 5.04. The van der Waals surface area contributed by atoms with Crippen LogP contribution in [0.3, 0.4) is 0 Å². The van der Waals surface area contributed by atoms with Gasteiger partial charge in [0.05, 0.1) is 6.61 Å². The van der Waals surface area contributed by atoms with Gasteiger partial charge in [-0.05, 0) is 11.1 Å². The number of fused-ring (bicyclic) bond motifs is 1. The van der Waals surface area contributed by atoms with E-state index in [0.29, 0.717) is 5.57 Å². The van der Waals surface area contributed by atoms with Crippen molar-refractivity contribution in [2.75, 3.05) is 19.6 Å². The van der Waals surface area contributed by atoms with Crippen molar-refractivity contribution in [3.8, 4) is 0 Å². The second-order valence-electron chi connectivity index (χ2n) is 6.76. The molecule has 0 saturated carbocycles. The molecule has 4 rings (SSSR count). The maximum absolute atomic E-state index is 13.2. The molecule has 2 heterocycles. The summed E-state index contributed by atoms with van der Waals surface area (Å²) in [4.78, 5) is 27.0. The van der Waals surface area contributed by atoms with E-state index in [1.807, 2.05) is 60.7 Å². The molecule has 1 saturated heterocycles. The van der Waals surface area contributed by atoms with E-state index in [1.165, 1.54) is 12.0 Å². The molecular weight excluding hydrogens is 394 g/mol. The van der Waals surface area contributed by atoms with Gasteiger partial charge in [-0.25, -0.2) is 4.79 Å². The van der Waals surface area contributed by atoms with Crippen LogP contribution in [0.15, 0.2) is 71.9 Å². The number of carbonyl (C=O) groups is 2. The van der Waals surface area contributed by atoms with Crippen LogP contribution in [0.4, 0.5) is 0 Å². The largest absolute Gasteiger partial charge is 0.448 e. The molecule has 2 aliphatic heterocycles. The van der Waals surface area contributed by atoms with Crippen molar-refractivity contribution in [3.05, 3.63) is 83.1 Å². The minimum absolute atomic E-state index is 0.0555. The van der Waals surface area contributed by atoms with E-state index in [2.05, 4.69) is 0 Å². The van der Waals surface area contributed by atoms with Gasteiger partial charge in [-0.15, -0.1) is 11.6 Å². The lowest BCUT2D eigenvalue weighted by molar-refractivity contribution is -0.213. The third kappa shape index (κ3) is 3.55. The average Bonchev–Trinajstić information content (AvgIpc) is 2.77. The number of carbonyl (C=O) groups excluding carboxylic acids is 2. The van der Waals surface area contributed by atoms with Crippen molar-refractivity contribution >= 4 is 23.5 Å². The Morgan fingerprint density at radius 3 is 2.24 bits per heavy atom. The predicted octanol–water partition coefficient (Wildman–Crippen LogP) is 3.03. The van der Waals surface area contributed by atoms with Gasteiger partial charge in [-0.2, -0.15) is 0 Å². The summed E-state index contributed by atoms with van der Waals surface area (Å²) >= 11 is 6.03. The summed E-state index contributed by atoms with van der Waals surface area (Å²) in [6, 6.07) is 18.9. The zero-order chi connectivity index (χ0) is 20.4. The molecule has 2 unspecified atom stereocenters. The van der Waals surface area contributed by atoms with E-state index < -0.39 is 24.4 Å². The van der Waals surface area contributed by atoms with Crippen molar-refractivity contribution in [2.45, 2.75) is 18.4 Å². The highest BCUT2D eigenvalue weighted by Crippen LogP contribution is 2.36. The van der Waals surface area contributed by atoms with Crippen molar-refractivity contribution in [3.63, 3.8) is 0 Å². The number of esters is 1. The number of β-lactam (4-membered cyclic amide) rings is 1. The molecule has 0 N–H and O–H groups in total. The molecular formula is C22H20ClNO5. The maximum Gasteiger partial charge on any atom is 0.356 e. The second kappa shape index (κ2) is 8.37. The summed E-state index contributed by atoms with van der Waals surface area (Å²) in [6.45, 7) is 0.142. The lowest BCUT2D eigenvalue weighted by atomic mass is 10.00. The van der Waals surface area contributed by atoms with Crippen molar-refractivity contribution in [1.29, 1.82) is 0 Å². The van der Waals surface area contributed by atoms with Crippen LogP contribution >= 0.6 is 11.6 Å². The molecule has 29 heavy (non-hydrogen) atoms. The standard InChI is InChI=1S/C22H20ClNO5/c1-27-19-20(25)24-17(16(12-23)13-28-21(19)24)22(26)29-18(14-8-4-2-5-9-14)15-10-6-3-7-11-15/h2-11,18-19,21H,12-13H2,1H3. The van der Waals surface area contributed by atoms with Crippen molar-refractivity contribution in [1.82, 2.24) is 4.90 Å². The minimum Gasteiger partial charge on any atom is -0.448 e. The monoisotopic (exact) mass is 413 g/mol. The molecule has 0 aliphatic carbocycles. The Kier molecular flexibility index (Phi) is 5.67. The minimum atomic E-state index is -0.728. The number of ether oxygens (including phenoxy) is 3. The van der Waals surface area contributed by atoms with Gasteiger partial charge >= 0.3 is 5.97 Å². The topological polar surface area (TPSA) is 65.1 Å². The van der Waals surface area contributed by atoms with Crippen LogP contribution in [0.25, 0.3) is 0 Å². The van der Waals surface area contributed by atoms with Gasteiger partial charge in [-0.3, -0.25) is 9.69 Å². The zero-order valence-electron chi connectivity index (χ0n) is 15.8. The average molecular weight is 414 g/mol. The number of hydrogen-bond acceptors (Lipinski definition) is 5. The highest BCUT2D eigenvalue weighted by Gasteiger charge is 2.55. The van der Waals surface area contributed by atoms with Gasteiger partial charge in [0.25, 0.3) is 5.91 Å². The number of amides is 1. The van der Waals surface area contributed by atoms with Crippen LogP contribution in [-0.4, -0.2) is 48.7 Å². The molecule has 0 aromatic heterocycles. The molecule has 150 valence electrons. The Bertz CT molecular complexity index is 891. The van der Waals surface area contributed by atoms with E-state index >= 15 is 0 Å². The Morgan fingerprint density at radius 1 is 1.14 bits per heavy atom. The van der Waals surface area contributed by atoms with Gasteiger partial charge in [0, 0.05) is 18.6 Å². The second-order valence-corrected chi connectivity index (χ2v) is 7.03. The fourth-order valence-corrected chi connectivity index (χ4v) is 3.77. The molecule has 2 aromatic rings. The number of alkyl halides is 1. The smallest absolute Gasteiger partial charge is 0.356 e. The molecule has 6 nitrogen and oxygen atoms in total. The van der Waals surface area contributed by atoms with Crippen LogP contribution in [0.1, 0.15) is 17.2 Å². The first kappa shape index (κ1) is 19.6. The number of benzene rings is 2. The van der Waals surface area contributed by atoms with E-state index in [4.69, 9.17) is 25.8 Å².